The Morgan fingerprint density at radius 2 is 1.41 bits per heavy atom. The Morgan fingerprint density at radius 1 is 0.704 bits per heavy atom. The molecule has 0 aliphatic carbocycles. The van der Waals surface area contributed by atoms with Crippen molar-refractivity contribution in [1.82, 2.24) is 0 Å². The molecule has 0 spiro atoms. The van der Waals surface area contributed by atoms with Crippen LogP contribution in [0.2, 0.25) is 0 Å². The van der Waals surface area contributed by atoms with E-state index in [1.54, 1.807) is 36.4 Å². The second-order valence-corrected chi connectivity index (χ2v) is 6.62. The molecule has 0 unspecified atom stereocenters. The van der Waals surface area contributed by atoms with Crippen LogP contribution in [0.3, 0.4) is 0 Å². The van der Waals surface area contributed by atoms with Crippen LogP contribution < -0.4 is 10.6 Å². The first kappa shape index (κ1) is 18.4. The number of amides is 2. The van der Waals surface area contributed by atoms with Gasteiger partial charge in [0.25, 0.3) is 11.8 Å². The molecule has 2 amide bonds. The summed E-state index contributed by atoms with van der Waals surface area (Å²) in [5, 5.41) is 5.73. The minimum atomic E-state index is -0.266. The van der Waals surface area contributed by atoms with E-state index in [2.05, 4.69) is 10.6 Å². The van der Waals surface area contributed by atoms with Crippen LogP contribution in [-0.4, -0.2) is 11.8 Å². The molecular formula is C23H22N2O2. The fourth-order valence-electron chi connectivity index (χ4n) is 2.71. The van der Waals surface area contributed by atoms with Crippen LogP contribution in [0.5, 0.6) is 0 Å². The standard InChI is InChI=1S/C23H22N2O2/c1-15-8-11-18(12-9-15)22(26)25-21-7-5-4-6-20(21)23(27)24-19-13-10-16(2)17(3)14-19/h4-14H,1-3H3,(H,24,27)(H,25,26). The maximum Gasteiger partial charge on any atom is 0.257 e. The number of rotatable bonds is 4. The van der Waals surface area contributed by atoms with E-state index < -0.39 is 0 Å². The highest BCUT2D eigenvalue weighted by Crippen LogP contribution is 2.20. The van der Waals surface area contributed by atoms with E-state index in [1.165, 1.54) is 5.56 Å². The van der Waals surface area contributed by atoms with E-state index in [-0.39, 0.29) is 11.8 Å². The molecule has 27 heavy (non-hydrogen) atoms. The van der Waals surface area contributed by atoms with E-state index in [4.69, 9.17) is 0 Å². The third-order valence-corrected chi connectivity index (χ3v) is 4.50. The van der Waals surface area contributed by atoms with Gasteiger partial charge < -0.3 is 10.6 Å². The van der Waals surface area contributed by atoms with Gasteiger partial charge in [0.1, 0.15) is 0 Å². The maximum absolute atomic E-state index is 12.7. The van der Waals surface area contributed by atoms with E-state index in [0.717, 1.165) is 16.8 Å². The molecule has 0 aliphatic rings. The number of benzene rings is 3. The van der Waals surface area contributed by atoms with E-state index in [1.807, 2.05) is 51.1 Å². The molecule has 4 heteroatoms. The summed E-state index contributed by atoms with van der Waals surface area (Å²) in [7, 11) is 0. The number of anilines is 2. The van der Waals surface area contributed by atoms with Crippen LogP contribution in [0, 0.1) is 20.8 Å². The van der Waals surface area contributed by atoms with Crippen LogP contribution in [0.1, 0.15) is 37.4 Å². The van der Waals surface area contributed by atoms with E-state index >= 15 is 0 Å². The summed E-state index contributed by atoms with van der Waals surface area (Å²) in [4.78, 5) is 25.2. The van der Waals surface area contributed by atoms with Gasteiger partial charge in [0.05, 0.1) is 11.3 Å². The minimum absolute atomic E-state index is 0.249. The average molecular weight is 358 g/mol. The van der Waals surface area contributed by atoms with Gasteiger partial charge in [-0.15, -0.1) is 0 Å². The van der Waals surface area contributed by atoms with Gasteiger partial charge in [-0.25, -0.2) is 0 Å². The van der Waals surface area contributed by atoms with E-state index in [9.17, 15) is 9.59 Å². The van der Waals surface area contributed by atoms with Crippen molar-refractivity contribution in [3.8, 4) is 0 Å². The molecule has 3 aromatic carbocycles. The van der Waals surface area contributed by atoms with Crippen molar-refractivity contribution in [2.75, 3.05) is 10.6 Å². The second kappa shape index (κ2) is 7.87. The van der Waals surface area contributed by atoms with Gasteiger partial charge in [0.2, 0.25) is 0 Å². The first-order chi connectivity index (χ1) is 12.9. The average Bonchev–Trinajstić information content (AvgIpc) is 2.65. The highest BCUT2D eigenvalue weighted by molar-refractivity contribution is 6.12. The van der Waals surface area contributed by atoms with Crippen LogP contribution >= 0.6 is 0 Å². The van der Waals surface area contributed by atoms with Crippen molar-refractivity contribution in [3.05, 3.63) is 94.5 Å². The number of carbonyl (C=O) groups excluding carboxylic acids is 2. The lowest BCUT2D eigenvalue weighted by atomic mass is 10.1. The SMILES string of the molecule is Cc1ccc(C(=O)Nc2ccccc2C(=O)Nc2ccc(C)c(C)c2)cc1. The van der Waals surface area contributed by atoms with Crippen molar-refractivity contribution in [2.24, 2.45) is 0 Å². The summed E-state index contributed by atoms with van der Waals surface area (Å²) in [5.74, 6) is -0.514. The third-order valence-electron chi connectivity index (χ3n) is 4.50. The van der Waals surface area contributed by atoms with Gasteiger partial charge >= 0.3 is 0 Å². The molecule has 3 rings (SSSR count). The second-order valence-electron chi connectivity index (χ2n) is 6.62. The van der Waals surface area contributed by atoms with Gasteiger partial charge in [-0.2, -0.15) is 0 Å². The molecule has 0 fully saturated rings. The zero-order valence-electron chi connectivity index (χ0n) is 15.7. The molecule has 0 saturated carbocycles. The Morgan fingerprint density at radius 3 is 2.11 bits per heavy atom. The molecule has 3 aromatic rings. The number of para-hydroxylation sites is 1. The van der Waals surface area contributed by atoms with Crippen LogP contribution in [0.4, 0.5) is 11.4 Å². The third kappa shape index (κ3) is 4.42. The Labute approximate surface area is 159 Å². The smallest absolute Gasteiger partial charge is 0.257 e. The monoisotopic (exact) mass is 358 g/mol. The van der Waals surface area contributed by atoms with Gasteiger partial charge in [-0.1, -0.05) is 35.9 Å². The van der Waals surface area contributed by atoms with Gasteiger partial charge in [0.15, 0.2) is 0 Å². The highest BCUT2D eigenvalue weighted by atomic mass is 16.2. The summed E-state index contributed by atoms with van der Waals surface area (Å²) in [6, 6.07) is 20.0. The molecule has 2 N–H and O–H groups in total. The lowest BCUT2D eigenvalue weighted by Crippen LogP contribution is -2.18. The zero-order chi connectivity index (χ0) is 19.4. The van der Waals surface area contributed by atoms with E-state index in [0.29, 0.717) is 16.8 Å². The molecule has 0 bridgehead atoms. The fraction of sp³-hybridized carbons (Fsp3) is 0.130. The molecule has 0 heterocycles. The summed E-state index contributed by atoms with van der Waals surface area (Å²) in [5.41, 5.74) is 5.51. The zero-order valence-corrected chi connectivity index (χ0v) is 15.7. The predicted molar refractivity (Wildman–Crippen MR) is 109 cm³/mol. The Hall–Kier alpha value is -3.40. The summed E-state index contributed by atoms with van der Waals surface area (Å²) in [6.07, 6.45) is 0. The summed E-state index contributed by atoms with van der Waals surface area (Å²) >= 11 is 0. The molecule has 0 saturated heterocycles. The van der Waals surface area contributed by atoms with Crippen molar-refractivity contribution in [3.63, 3.8) is 0 Å². The lowest BCUT2D eigenvalue weighted by molar-refractivity contribution is 0.102. The van der Waals surface area contributed by atoms with Crippen LogP contribution in [0.25, 0.3) is 0 Å². The molecule has 0 atom stereocenters. The molecular weight excluding hydrogens is 336 g/mol. The predicted octanol–water partition coefficient (Wildman–Crippen LogP) is 5.12. The number of aryl methyl sites for hydroxylation is 3. The summed E-state index contributed by atoms with van der Waals surface area (Å²) < 4.78 is 0. The molecule has 0 aliphatic heterocycles. The minimum Gasteiger partial charge on any atom is -0.322 e. The van der Waals surface area contributed by atoms with Crippen molar-refractivity contribution in [2.45, 2.75) is 20.8 Å². The first-order valence-corrected chi connectivity index (χ1v) is 8.79. The maximum atomic E-state index is 12.7. The largest absolute Gasteiger partial charge is 0.322 e. The van der Waals surface area contributed by atoms with Gasteiger partial charge in [-0.05, 0) is 68.3 Å². The number of nitrogens with one attached hydrogen (secondary N) is 2. The van der Waals surface area contributed by atoms with Gasteiger partial charge in [-0.3, -0.25) is 9.59 Å². The van der Waals surface area contributed by atoms with Crippen LogP contribution in [-0.2, 0) is 0 Å². The normalized spacial score (nSPS) is 10.3. The van der Waals surface area contributed by atoms with Crippen molar-refractivity contribution >= 4 is 23.2 Å². The molecule has 0 aromatic heterocycles. The Kier molecular flexibility index (Phi) is 5.36. The quantitative estimate of drug-likeness (QED) is 0.680. The number of hydrogen-bond acceptors (Lipinski definition) is 2. The molecule has 0 radical (unpaired) electrons. The van der Waals surface area contributed by atoms with Crippen LogP contribution in [0.15, 0.2) is 66.7 Å². The summed E-state index contributed by atoms with van der Waals surface area (Å²) in [6.45, 7) is 5.99. The molecule has 136 valence electrons. The number of carbonyl (C=O) groups is 2. The van der Waals surface area contributed by atoms with Gasteiger partial charge in [0, 0.05) is 11.3 Å². The Bertz CT molecular complexity index is 992. The highest BCUT2D eigenvalue weighted by Gasteiger charge is 2.14. The first-order valence-electron chi connectivity index (χ1n) is 8.79. The molecule has 4 nitrogen and oxygen atoms in total. The van der Waals surface area contributed by atoms with Crippen molar-refractivity contribution < 1.29 is 9.59 Å². The topological polar surface area (TPSA) is 58.2 Å². The Balaban J connectivity index is 1.80. The number of hydrogen-bond donors (Lipinski definition) is 2. The lowest BCUT2D eigenvalue weighted by Gasteiger charge is -2.12. The van der Waals surface area contributed by atoms with Crippen molar-refractivity contribution in [1.29, 1.82) is 0 Å². The fourth-order valence-corrected chi connectivity index (χ4v) is 2.71.